The number of carboxylic acids is 1. The van der Waals surface area contributed by atoms with Crippen molar-refractivity contribution in [1.82, 2.24) is 24.8 Å². The largest absolute Gasteiger partial charge is 0.478 e. The number of carboxylic acid groups (broad SMARTS) is 1. The summed E-state index contributed by atoms with van der Waals surface area (Å²) >= 11 is 0. The van der Waals surface area contributed by atoms with Gasteiger partial charge in [0.2, 0.25) is 5.82 Å². The van der Waals surface area contributed by atoms with E-state index in [4.69, 9.17) is 9.84 Å². The van der Waals surface area contributed by atoms with Gasteiger partial charge in [-0.2, -0.15) is 4.80 Å². The van der Waals surface area contributed by atoms with Gasteiger partial charge in [0.15, 0.2) is 0 Å². The number of fused-ring (bicyclic) bond motifs is 5. The number of benzene rings is 2. The predicted octanol–water partition coefficient (Wildman–Crippen LogP) is 5.77. The number of ether oxygens (including phenoxy) is 1. The van der Waals surface area contributed by atoms with E-state index in [1.165, 1.54) is 41.6 Å². The smallest absolute Gasteiger partial charge is 0.335 e. The highest BCUT2D eigenvalue weighted by Crippen LogP contribution is 2.47. The normalized spacial score (nSPS) is 19.7. The molecule has 8 heteroatoms. The van der Waals surface area contributed by atoms with E-state index >= 15 is 0 Å². The molecule has 38 heavy (non-hydrogen) atoms. The van der Waals surface area contributed by atoms with Crippen molar-refractivity contribution in [3.63, 3.8) is 0 Å². The Morgan fingerprint density at radius 3 is 2.74 bits per heavy atom. The van der Waals surface area contributed by atoms with Gasteiger partial charge in [-0.15, -0.1) is 10.2 Å². The average Bonchev–Trinajstić information content (AvgIpc) is 3.67. The van der Waals surface area contributed by atoms with Crippen LogP contribution < -0.4 is 0 Å². The first-order valence-electron chi connectivity index (χ1n) is 13.8. The number of allylic oxidation sites excluding steroid dienone is 1. The van der Waals surface area contributed by atoms with Gasteiger partial charge in [-0.1, -0.05) is 49.6 Å². The average molecular weight is 510 g/mol. The summed E-state index contributed by atoms with van der Waals surface area (Å²) in [6.07, 6.45) is 11.1. The van der Waals surface area contributed by atoms with Crippen LogP contribution in [-0.2, 0) is 17.7 Å². The zero-order valence-electron chi connectivity index (χ0n) is 21.3. The number of nitrogens with zero attached hydrogens (tertiary/aromatic N) is 5. The van der Waals surface area contributed by atoms with Gasteiger partial charge in [0, 0.05) is 35.8 Å². The van der Waals surface area contributed by atoms with Crippen molar-refractivity contribution in [2.45, 2.75) is 69.9 Å². The molecule has 0 spiro atoms. The molecule has 0 radical (unpaired) electrons. The van der Waals surface area contributed by atoms with Crippen LogP contribution >= 0.6 is 0 Å². The van der Waals surface area contributed by atoms with Gasteiger partial charge in [-0.25, -0.2) is 4.79 Å². The van der Waals surface area contributed by atoms with Gasteiger partial charge in [0.05, 0.1) is 29.4 Å². The highest BCUT2D eigenvalue weighted by Gasteiger charge is 2.30. The standard InChI is InChI=1S/C30H31N5O3/c36-30(37)21-12-13-25-26(16-21)34-17-22(29-31-33-35(32-29)18-23-10-6-14-38-23)15-20-9-4-5-11-24(20)28(34)27(25)19-7-2-1-3-8-19/h4-5,9,11-13,16-17,19,23H,1-3,6-8,10,14-15,18H2,(H,36,37). The van der Waals surface area contributed by atoms with Gasteiger partial charge in [0.1, 0.15) is 0 Å². The maximum Gasteiger partial charge on any atom is 0.335 e. The number of hydrogen-bond donors (Lipinski definition) is 1. The molecule has 2 aromatic heterocycles. The fourth-order valence-corrected chi connectivity index (χ4v) is 6.55. The number of carbonyl (C=O) groups is 1. The van der Waals surface area contributed by atoms with E-state index in [2.05, 4.69) is 45.3 Å². The third kappa shape index (κ3) is 4.04. The second-order valence-corrected chi connectivity index (χ2v) is 10.8. The van der Waals surface area contributed by atoms with E-state index in [0.717, 1.165) is 48.8 Å². The third-order valence-corrected chi connectivity index (χ3v) is 8.37. The summed E-state index contributed by atoms with van der Waals surface area (Å²) in [5.41, 5.74) is 7.10. The van der Waals surface area contributed by atoms with Crippen molar-refractivity contribution >= 4 is 28.6 Å². The van der Waals surface area contributed by atoms with Crippen molar-refractivity contribution in [1.29, 1.82) is 0 Å². The number of aromatic nitrogens is 5. The number of hydrogen-bond acceptors (Lipinski definition) is 5. The summed E-state index contributed by atoms with van der Waals surface area (Å²) in [5, 5.41) is 24.5. The van der Waals surface area contributed by atoms with Gasteiger partial charge in [-0.05, 0) is 60.1 Å². The summed E-state index contributed by atoms with van der Waals surface area (Å²) in [6.45, 7) is 1.39. The fourth-order valence-electron chi connectivity index (χ4n) is 6.55. The molecule has 194 valence electrons. The first-order valence-corrected chi connectivity index (χ1v) is 13.8. The van der Waals surface area contributed by atoms with Crippen molar-refractivity contribution in [3.8, 4) is 11.3 Å². The zero-order chi connectivity index (χ0) is 25.6. The lowest BCUT2D eigenvalue weighted by atomic mass is 9.81. The van der Waals surface area contributed by atoms with Crippen molar-refractivity contribution in [2.24, 2.45) is 0 Å². The Morgan fingerprint density at radius 2 is 1.92 bits per heavy atom. The number of rotatable bonds is 5. The van der Waals surface area contributed by atoms with Crippen LogP contribution in [0.3, 0.4) is 0 Å². The number of aromatic carboxylic acids is 1. The van der Waals surface area contributed by atoms with E-state index < -0.39 is 5.97 Å². The molecule has 7 rings (SSSR count). The molecular formula is C30H31N5O3. The van der Waals surface area contributed by atoms with Crippen LogP contribution in [0, 0.1) is 0 Å². The Balaban J connectivity index is 1.43. The third-order valence-electron chi connectivity index (χ3n) is 8.37. The molecule has 1 aliphatic carbocycles. The summed E-state index contributed by atoms with van der Waals surface area (Å²) in [5.74, 6) is 0.131. The van der Waals surface area contributed by atoms with E-state index in [1.807, 2.05) is 12.1 Å². The van der Waals surface area contributed by atoms with Crippen LogP contribution in [0.1, 0.15) is 78.2 Å². The highest BCUT2D eigenvalue weighted by atomic mass is 16.5. The van der Waals surface area contributed by atoms with Gasteiger partial charge >= 0.3 is 5.97 Å². The second-order valence-electron chi connectivity index (χ2n) is 10.8. The molecule has 2 fully saturated rings. The molecule has 1 atom stereocenters. The molecule has 1 saturated heterocycles. The Kier molecular flexibility index (Phi) is 5.84. The molecule has 1 N–H and O–H groups in total. The summed E-state index contributed by atoms with van der Waals surface area (Å²) in [6, 6.07) is 14.1. The molecule has 1 saturated carbocycles. The molecule has 8 nitrogen and oxygen atoms in total. The maximum atomic E-state index is 12.0. The minimum atomic E-state index is -0.918. The SMILES string of the molecule is O=C(O)c1ccc2c(C3CCCCC3)c3n(c2c1)C=C(c1nnn(CC2CCCO2)n1)Cc1ccccc1-3. The second kappa shape index (κ2) is 9.51. The van der Waals surface area contributed by atoms with Crippen LogP contribution in [0.5, 0.6) is 0 Å². The molecule has 2 aliphatic heterocycles. The topological polar surface area (TPSA) is 95.1 Å². The lowest BCUT2D eigenvalue weighted by Crippen LogP contribution is -2.17. The number of tetrazole rings is 1. The van der Waals surface area contributed by atoms with Crippen LogP contribution in [0.25, 0.3) is 33.9 Å². The first kappa shape index (κ1) is 23.3. The molecule has 2 aromatic carbocycles. The summed E-state index contributed by atoms with van der Waals surface area (Å²) < 4.78 is 7.97. The Hall–Kier alpha value is -3.78. The Bertz CT molecular complexity index is 1550. The molecule has 0 bridgehead atoms. The maximum absolute atomic E-state index is 12.0. The van der Waals surface area contributed by atoms with E-state index in [9.17, 15) is 9.90 Å². The minimum absolute atomic E-state index is 0.133. The fraction of sp³-hybridized carbons (Fsp3) is 0.400. The molecular weight excluding hydrogens is 478 g/mol. The Morgan fingerprint density at radius 1 is 1.05 bits per heavy atom. The van der Waals surface area contributed by atoms with Crippen molar-refractivity contribution < 1.29 is 14.6 Å². The van der Waals surface area contributed by atoms with Gasteiger partial charge < -0.3 is 14.4 Å². The Labute approximate surface area is 220 Å². The van der Waals surface area contributed by atoms with Crippen LogP contribution in [0.2, 0.25) is 0 Å². The molecule has 1 unspecified atom stereocenters. The lowest BCUT2D eigenvalue weighted by molar-refractivity contribution is 0.0697. The first-order chi connectivity index (χ1) is 18.7. The van der Waals surface area contributed by atoms with Crippen LogP contribution in [0.4, 0.5) is 0 Å². The summed E-state index contributed by atoms with van der Waals surface area (Å²) in [4.78, 5) is 13.6. The zero-order valence-corrected chi connectivity index (χ0v) is 21.3. The monoisotopic (exact) mass is 509 g/mol. The molecule has 4 aromatic rings. The van der Waals surface area contributed by atoms with Crippen LogP contribution in [0.15, 0.2) is 42.5 Å². The van der Waals surface area contributed by atoms with Crippen molar-refractivity contribution in [3.05, 3.63) is 65.0 Å². The minimum Gasteiger partial charge on any atom is -0.478 e. The van der Waals surface area contributed by atoms with E-state index in [0.29, 0.717) is 30.3 Å². The molecule has 0 amide bonds. The summed E-state index contributed by atoms with van der Waals surface area (Å²) in [7, 11) is 0. The highest BCUT2D eigenvalue weighted by molar-refractivity contribution is 6.01. The van der Waals surface area contributed by atoms with E-state index in [1.54, 1.807) is 10.9 Å². The van der Waals surface area contributed by atoms with Gasteiger partial charge in [0.25, 0.3) is 0 Å². The predicted molar refractivity (Wildman–Crippen MR) is 145 cm³/mol. The lowest BCUT2D eigenvalue weighted by Gasteiger charge is -2.23. The van der Waals surface area contributed by atoms with Gasteiger partial charge in [-0.3, -0.25) is 0 Å². The quantitative estimate of drug-likeness (QED) is 0.367. The van der Waals surface area contributed by atoms with Crippen LogP contribution in [-0.4, -0.2) is 48.6 Å². The molecule has 4 heterocycles. The molecule has 3 aliphatic rings. The van der Waals surface area contributed by atoms with E-state index in [-0.39, 0.29) is 6.10 Å². The van der Waals surface area contributed by atoms with Crippen molar-refractivity contribution in [2.75, 3.05) is 6.61 Å².